The molecule has 0 saturated heterocycles. The molecule has 0 spiro atoms. The number of ketones is 2. The molecule has 0 aliphatic heterocycles. The molecule has 6 aromatic carbocycles. The van der Waals surface area contributed by atoms with Crippen molar-refractivity contribution in [2.24, 2.45) is 5.73 Å². The maximum atomic E-state index is 12.2. The molecule has 8 rings (SSSR count). The van der Waals surface area contributed by atoms with Gasteiger partial charge in [-0.15, -0.1) is 0 Å². The molecule has 0 fully saturated rings. The first-order valence-electron chi connectivity index (χ1n) is 20.0. The molecule has 3 N–H and O–H groups in total. The third-order valence-electron chi connectivity index (χ3n) is 10.2. The van der Waals surface area contributed by atoms with Crippen LogP contribution >= 0.6 is 0 Å². The van der Waals surface area contributed by atoms with Gasteiger partial charge in [-0.3, -0.25) is 19.2 Å². The number of rotatable bonds is 13. The molecular weight excluding hydrogens is 881 g/mol. The summed E-state index contributed by atoms with van der Waals surface area (Å²) in [5, 5.41) is 1.42. The van der Waals surface area contributed by atoms with Gasteiger partial charge in [0.05, 0.1) is 11.2 Å². The van der Waals surface area contributed by atoms with Crippen molar-refractivity contribution in [3.8, 4) is 28.0 Å². The van der Waals surface area contributed by atoms with E-state index in [0.717, 1.165) is 49.9 Å². The van der Waals surface area contributed by atoms with Gasteiger partial charge in [0, 0.05) is 75.7 Å². The van der Waals surface area contributed by atoms with E-state index >= 15 is 0 Å². The average molecular weight is 929 g/mol. The molecule has 0 aliphatic carbocycles. The summed E-state index contributed by atoms with van der Waals surface area (Å²) in [7, 11) is 0. The normalized spacial score (nSPS) is 10.5. The summed E-state index contributed by atoms with van der Waals surface area (Å²) >= 11 is 0. The van der Waals surface area contributed by atoms with E-state index in [1.54, 1.807) is 6.07 Å². The van der Waals surface area contributed by atoms with Gasteiger partial charge in [-0.25, -0.2) is 4.98 Å². The van der Waals surface area contributed by atoms with Crippen LogP contribution in [0.3, 0.4) is 0 Å². The van der Waals surface area contributed by atoms with E-state index in [9.17, 15) is 19.2 Å². The number of esters is 1. The number of nitrogens with one attached hydrogen (secondary N) is 1. The van der Waals surface area contributed by atoms with E-state index in [0.29, 0.717) is 66.2 Å². The van der Waals surface area contributed by atoms with Crippen molar-refractivity contribution in [2.75, 3.05) is 0 Å². The first-order valence-corrected chi connectivity index (χ1v) is 20.0. The van der Waals surface area contributed by atoms with Crippen LogP contribution in [0.25, 0.3) is 44.1 Å². The van der Waals surface area contributed by atoms with Crippen LogP contribution in [0, 0.1) is 7.43 Å². The van der Waals surface area contributed by atoms with Gasteiger partial charge in [-0.2, -0.15) is 0 Å². The van der Waals surface area contributed by atoms with Crippen LogP contribution in [0.5, 0.6) is 5.75 Å². The van der Waals surface area contributed by atoms with E-state index in [1.807, 2.05) is 146 Å². The van der Waals surface area contributed by atoms with E-state index in [1.165, 1.54) is 19.9 Å². The van der Waals surface area contributed by atoms with Crippen molar-refractivity contribution >= 4 is 39.3 Å². The Bertz CT molecular complexity index is 2880. The Morgan fingerprint density at radius 2 is 1.16 bits per heavy atom. The van der Waals surface area contributed by atoms with E-state index in [-0.39, 0.29) is 50.8 Å². The van der Waals surface area contributed by atoms with Crippen molar-refractivity contribution < 1.29 is 44.3 Å². The zero-order chi connectivity index (χ0) is 42.7. The zero-order valence-corrected chi connectivity index (χ0v) is 36.9. The van der Waals surface area contributed by atoms with Crippen molar-refractivity contribution in [3.05, 3.63) is 209 Å². The molecule has 0 bridgehead atoms. The van der Waals surface area contributed by atoms with Crippen LogP contribution in [-0.2, 0) is 56.1 Å². The maximum absolute atomic E-state index is 12.2. The average Bonchev–Trinajstić information content (AvgIpc) is 3.30. The number of hydrogen-bond acceptors (Lipinski definition) is 8. The predicted octanol–water partition coefficient (Wildman–Crippen LogP) is 10.7. The zero-order valence-electron chi connectivity index (χ0n) is 35.3. The summed E-state index contributed by atoms with van der Waals surface area (Å²) in [5.41, 5.74) is 15.7. The summed E-state index contributed by atoms with van der Waals surface area (Å²) < 4.78 is 11.6. The Hall–Kier alpha value is -6.83. The number of aryl methyl sites for hydroxylation is 1. The Kier molecular flexibility index (Phi) is 16.7. The molecule has 9 nitrogen and oxygen atoms in total. The molecule has 10 heteroatoms. The molecule has 2 aromatic heterocycles. The Morgan fingerprint density at radius 1 is 0.603 bits per heavy atom. The summed E-state index contributed by atoms with van der Waals surface area (Å²) in [6.45, 7) is 4.13. The minimum Gasteiger partial charge on any atom is -0.488 e. The summed E-state index contributed by atoms with van der Waals surface area (Å²) in [6, 6.07) is 50.3. The molecule has 0 amide bonds. The van der Waals surface area contributed by atoms with Crippen LogP contribution in [0.1, 0.15) is 63.5 Å². The maximum Gasteiger partial charge on any atom is 0.306 e. The van der Waals surface area contributed by atoms with E-state index < -0.39 is 0 Å². The van der Waals surface area contributed by atoms with Crippen LogP contribution < -0.4 is 15.9 Å². The summed E-state index contributed by atoms with van der Waals surface area (Å²) in [4.78, 5) is 55.4. The SMILES string of the molecule is CC(=O)c1cc(=O)c2cc(-c3ccc(CN)cc3)ccc2[nH]1.CC(=O)c1cc(OCc2ccccc2)c2cc(-c3ccc(CCC(=O)OCc4ccccc4)cc3)ccc2n1.[CH3-].[Pd]. The fourth-order valence-corrected chi connectivity index (χ4v) is 6.78. The van der Waals surface area contributed by atoms with E-state index in [4.69, 9.17) is 15.2 Å². The topological polar surface area (TPSA) is 141 Å². The van der Waals surface area contributed by atoms with Crippen molar-refractivity contribution in [3.63, 3.8) is 0 Å². The second-order valence-corrected chi connectivity index (χ2v) is 14.7. The molecule has 0 unspecified atom stereocenters. The number of carbonyl (C=O) groups is 3. The number of pyridine rings is 2. The number of aromatic amines is 1. The summed E-state index contributed by atoms with van der Waals surface area (Å²) in [6.07, 6.45) is 0.940. The van der Waals surface area contributed by atoms with Gasteiger partial charge in [-0.05, 0) is 75.2 Å². The van der Waals surface area contributed by atoms with Gasteiger partial charge in [0.1, 0.15) is 24.7 Å². The number of hydrogen-bond donors (Lipinski definition) is 2. The Labute approximate surface area is 381 Å². The molecule has 0 aliphatic rings. The first kappa shape index (κ1) is 47.2. The monoisotopic (exact) mass is 928 g/mol. The van der Waals surface area contributed by atoms with Crippen molar-refractivity contribution in [1.82, 2.24) is 9.97 Å². The van der Waals surface area contributed by atoms with Gasteiger partial charge in [-0.1, -0.05) is 121 Å². The summed E-state index contributed by atoms with van der Waals surface area (Å²) in [5.74, 6) is 0.157. The van der Waals surface area contributed by atoms with Gasteiger partial charge < -0.3 is 27.6 Å². The predicted molar refractivity (Wildman–Crippen MR) is 247 cm³/mol. The molecule has 2 heterocycles. The van der Waals surface area contributed by atoms with Crippen LogP contribution in [-0.4, -0.2) is 27.5 Å². The largest absolute Gasteiger partial charge is 0.488 e. The fourth-order valence-electron chi connectivity index (χ4n) is 6.78. The number of carbonyl (C=O) groups excluding carboxylic acids is 3. The molecule has 8 aromatic rings. The molecule has 0 radical (unpaired) electrons. The molecule has 0 atom stereocenters. The Balaban J connectivity index is 0.000000265. The van der Waals surface area contributed by atoms with Crippen LogP contribution in [0.15, 0.2) is 163 Å². The molecule has 63 heavy (non-hydrogen) atoms. The second kappa shape index (κ2) is 22.3. The van der Waals surface area contributed by atoms with Gasteiger partial charge >= 0.3 is 5.97 Å². The van der Waals surface area contributed by atoms with Crippen molar-refractivity contribution in [2.45, 2.75) is 46.4 Å². The van der Waals surface area contributed by atoms with Crippen LogP contribution in [0.4, 0.5) is 0 Å². The standard InChI is InChI=1S/C34H29NO4.C18H16N2O2.CH3.Pd/c1-24(36)32-21-33(38-22-26-8-4-2-5-9-26)30-20-29(17-18-31(30)35-32)28-15-12-25(13-16-28)14-19-34(37)39-23-27-10-6-3-7-11-27;1-11(21)17-9-18(22)15-8-14(6-7-16(15)20-17)13-4-2-12(10-19)3-5-13;;/h2-13,15-18,20-21H,14,19,22-23H2,1H3;2-9H,10,19H2,1H3,(H,20,22);1H3;/q;;-1;. The van der Waals surface area contributed by atoms with Gasteiger partial charge in [0.2, 0.25) is 0 Å². The van der Waals surface area contributed by atoms with Gasteiger partial charge in [0.25, 0.3) is 0 Å². The molecular formula is C53H48N3O6Pd-. The number of fused-ring (bicyclic) bond motifs is 2. The van der Waals surface area contributed by atoms with E-state index in [2.05, 4.69) is 9.97 Å². The Morgan fingerprint density at radius 3 is 1.75 bits per heavy atom. The fraction of sp³-hybridized carbons (Fsp3) is 0.132. The number of aromatic nitrogens is 2. The molecule has 0 saturated carbocycles. The number of nitrogens with two attached hydrogens (primary N) is 1. The second-order valence-electron chi connectivity index (χ2n) is 14.7. The first-order chi connectivity index (χ1) is 29.6. The third kappa shape index (κ3) is 12.4. The minimum absolute atomic E-state index is 0. The quantitative estimate of drug-likeness (QED) is 0.0504. The van der Waals surface area contributed by atoms with Gasteiger partial charge in [0.15, 0.2) is 17.0 Å². The molecule has 322 valence electrons. The van der Waals surface area contributed by atoms with Crippen molar-refractivity contribution in [1.29, 1.82) is 0 Å². The number of Topliss-reactive ketones (excluding diaryl/α,β-unsaturated/α-hetero) is 2. The smallest absolute Gasteiger partial charge is 0.306 e. The minimum atomic E-state index is -0.210. The number of benzene rings is 6. The number of nitrogens with zero attached hydrogens (tertiary/aromatic N) is 1. The number of ether oxygens (including phenoxy) is 2. The van der Waals surface area contributed by atoms with Crippen LogP contribution in [0.2, 0.25) is 0 Å². The third-order valence-corrected chi connectivity index (χ3v) is 10.2. The number of H-pyrrole nitrogens is 1.